The summed E-state index contributed by atoms with van der Waals surface area (Å²) in [5, 5.41) is 5.39. The zero-order valence-corrected chi connectivity index (χ0v) is 16.8. The topological polar surface area (TPSA) is 51.2 Å². The lowest BCUT2D eigenvalue weighted by molar-refractivity contribution is 0.102. The van der Waals surface area contributed by atoms with E-state index < -0.39 is 0 Å². The van der Waals surface area contributed by atoms with Gasteiger partial charge in [-0.15, -0.1) is 11.3 Å². The maximum absolute atomic E-state index is 12.6. The lowest BCUT2D eigenvalue weighted by Gasteiger charge is -2.05. The van der Waals surface area contributed by atoms with Crippen LogP contribution < -0.4 is 10.1 Å². The highest BCUT2D eigenvalue weighted by Crippen LogP contribution is 2.26. The minimum Gasteiger partial charge on any atom is -0.497 e. The highest BCUT2D eigenvalue weighted by molar-refractivity contribution is 7.14. The first kappa shape index (κ1) is 18.9. The third-order valence-corrected chi connectivity index (χ3v) is 5.34. The number of aromatic nitrogens is 1. The maximum atomic E-state index is 12.6. The fourth-order valence-electron chi connectivity index (χ4n) is 3.00. The van der Waals surface area contributed by atoms with E-state index in [-0.39, 0.29) is 5.91 Å². The van der Waals surface area contributed by atoms with Crippen LogP contribution in [-0.2, 0) is 6.42 Å². The van der Waals surface area contributed by atoms with Crippen molar-refractivity contribution in [3.8, 4) is 17.0 Å². The fourth-order valence-corrected chi connectivity index (χ4v) is 3.72. The Kier molecular flexibility index (Phi) is 5.68. The molecule has 0 spiro atoms. The summed E-state index contributed by atoms with van der Waals surface area (Å²) in [5.41, 5.74) is 4.84. The number of thiazole rings is 1. The Morgan fingerprint density at radius 2 is 1.62 bits per heavy atom. The van der Waals surface area contributed by atoms with E-state index in [1.54, 1.807) is 7.11 Å². The van der Waals surface area contributed by atoms with E-state index in [0.29, 0.717) is 10.7 Å². The molecule has 29 heavy (non-hydrogen) atoms. The van der Waals surface area contributed by atoms with Gasteiger partial charge in [0.2, 0.25) is 0 Å². The third-order valence-electron chi connectivity index (χ3n) is 4.58. The Bertz CT molecular complexity index is 1090. The van der Waals surface area contributed by atoms with Crippen molar-refractivity contribution in [2.75, 3.05) is 12.4 Å². The molecule has 1 amide bonds. The molecule has 4 aromatic rings. The van der Waals surface area contributed by atoms with Crippen molar-refractivity contribution in [1.82, 2.24) is 4.98 Å². The van der Waals surface area contributed by atoms with Crippen LogP contribution in [0.3, 0.4) is 0 Å². The second-order valence-corrected chi connectivity index (χ2v) is 7.44. The molecule has 0 bridgehead atoms. The molecule has 4 rings (SSSR count). The van der Waals surface area contributed by atoms with E-state index in [2.05, 4.69) is 22.4 Å². The van der Waals surface area contributed by atoms with Gasteiger partial charge in [-0.2, -0.15) is 0 Å². The van der Waals surface area contributed by atoms with Crippen molar-refractivity contribution in [2.24, 2.45) is 0 Å². The monoisotopic (exact) mass is 400 g/mol. The number of rotatable bonds is 6. The van der Waals surface area contributed by atoms with Gasteiger partial charge in [-0.1, -0.05) is 42.5 Å². The number of benzene rings is 3. The van der Waals surface area contributed by atoms with E-state index >= 15 is 0 Å². The van der Waals surface area contributed by atoms with Crippen molar-refractivity contribution in [2.45, 2.75) is 6.42 Å². The third kappa shape index (κ3) is 4.70. The highest BCUT2D eigenvalue weighted by atomic mass is 32.1. The molecule has 0 atom stereocenters. The SMILES string of the molecule is COc1ccc(-c2csc(NC(=O)c3ccc(Cc4ccccc4)cc3)n2)cc1. The predicted octanol–water partition coefficient (Wildman–Crippen LogP) is 5.66. The number of anilines is 1. The Hall–Kier alpha value is -3.44. The predicted molar refractivity (Wildman–Crippen MR) is 118 cm³/mol. The van der Waals surface area contributed by atoms with Gasteiger partial charge in [0, 0.05) is 16.5 Å². The van der Waals surface area contributed by atoms with Gasteiger partial charge in [-0.25, -0.2) is 4.98 Å². The number of carbonyl (C=O) groups is 1. The van der Waals surface area contributed by atoms with Crippen LogP contribution in [0.5, 0.6) is 5.75 Å². The minimum atomic E-state index is -0.160. The number of amides is 1. The maximum Gasteiger partial charge on any atom is 0.257 e. The standard InChI is InChI=1S/C24H20N2O2S/c1-28-21-13-11-19(12-14-21)22-16-29-24(25-22)26-23(27)20-9-7-18(8-10-20)15-17-5-3-2-4-6-17/h2-14,16H,15H2,1H3,(H,25,26,27). The number of hydrogen-bond donors (Lipinski definition) is 1. The number of ether oxygens (including phenoxy) is 1. The summed E-state index contributed by atoms with van der Waals surface area (Å²) in [5.74, 6) is 0.639. The van der Waals surface area contributed by atoms with Gasteiger partial charge in [0.05, 0.1) is 12.8 Å². The van der Waals surface area contributed by atoms with Crippen molar-refractivity contribution in [3.63, 3.8) is 0 Å². The van der Waals surface area contributed by atoms with Crippen LogP contribution in [0.25, 0.3) is 11.3 Å². The largest absolute Gasteiger partial charge is 0.497 e. The van der Waals surface area contributed by atoms with Gasteiger partial charge in [0.1, 0.15) is 5.75 Å². The second-order valence-electron chi connectivity index (χ2n) is 6.58. The zero-order chi connectivity index (χ0) is 20.1. The Morgan fingerprint density at radius 1 is 0.931 bits per heavy atom. The molecule has 0 saturated carbocycles. The molecule has 0 unspecified atom stereocenters. The molecule has 0 aliphatic carbocycles. The van der Waals surface area contributed by atoms with Gasteiger partial charge < -0.3 is 4.74 Å². The van der Waals surface area contributed by atoms with Crippen molar-refractivity contribution < 1.29 is 9.53 Å². The van der Waals surface area contributed by atoms with Gasteiger partial charge in [0.15, 0.2) is 5.13 Å². The number of carbonyl (C=O) groups excluding carboxylic acids is 1. The number of nitrogens with one attached hydrogen (secondary N) is 1. The molecule has 0 fully saturated rings. The average molecular weight is 401 g/mol. The molecule has 0 aliphatic rings. The first-order chi connectivity index (χ1) is 14.2. The summed E-state index contributed by atoms with van der Waals surface area (Å²) in [4.78, 5) is 17.1. The van der Waals surface area contributed by atoms with Gasteiger partial charge in [-0.05, 0) is 53.9 Å². The van der Waals surface area contributed by atoms with E-state index in [1.165, 1.54) is 22.5 Å². The van der Waals surface area contributed by atoms with Crippen LogP contribution in [0.1, 0.15) is 21.5 Å². The lowest BCUT2D eigenvalue weighted by atomic mass is 10.0. The smallest absolute Gasteiger partial charge is 0.257 e. The number of nitrogens with zero attached hydrogens (tertiary/aromatic N) is 1. The molecular formula is C24H20N2O2S. The van der Waals surface area contributed by atoms with E-state index in [1.807, 2.05) is 72.1 Å². The second kappa shape index (κ2) is 8.71. The molecular weight excluding hydrogens is 380 g/mol. The summed E-state index contributed by atoms with van der Waals surface area (Å²) in [7, 11) is 1.64. The van der Waals surface area contributed by atoms with Gasteiger partial charge in [-0.3, -0.25) is 10.1 Å². The fraction of sp³-hybridized carbons (Fsp3) is 0.0833. The number of hydrogen-bond acceptors (Lipinski definition) is 4. The molecule has 4 nitrogen and oxygen atoms in total. The molecule has 0 saturated heterocycles. The Morgan fingerprint density at radius 3 is 2.31 bits per heavy atom. The molecule has 1 heterocycles. The summed E-state index contributed by atoms with van der Waals surface area (Å²) >= 11 is 1.41. The first-order valence-corrected chi connectivity index (χ1v) is 10.1. The molecule has 3 aromatic carbocycles. The summed E-state index contributed by atoms with van der Waals surface area (Å²) in [6.45, 7) is 0. The summed E-state index contributed by atoms with van der Waals surface area (Å²) in [6.07, 6.45) is 0.848. The quantitative estimate of drug-likeness (QED) is 0.454. The Labute approximate surface area is 173 Å². The number of methoxy groups -OCH3 is 1. The molecule has 5 heteroatoms. The van der Waals surface area contributed by atoms with E-state index in [9.17, 15) is 4.79 Å². The van der Waals surface area contributed by atoms with Crippen molar-refractivity contribution in [3.05, 3.63) is 101 Å². The zero-order valence-electron chi connectivity index (χ0n) is 16.0. The summed E-state index contributed by atoms with van der Waals surface area (Å²) in [6, 6.07) is 25.7. The van der Waals surface area contributed by atoms with Crippen LogP contribution in [-0.4, -0.2) is 18.0 Å². The van der Waals surface area contributed by atoms with Crippen molar-refractivity contribution >= 4 is 22.4 Å². The van der Waals surface area contributed by atoms with E-state index in [4.69, 9.17) is 4.74 Å². The van der Waals surface area contributed by atoms with Crippen LogP contribution in [0.2, 0.25) is 0 Å². The molecule has 1 N–H and O–H groups in total. The minimum absolute atomic E-state index is 0.160. The molecule has 0 radical (unpaired) electrons. The van der Waals surface area contributed by atoms with Crippen LogP contribution in [0, 0.1) is 0 Å². The van der Waals surface area contributed by atoms with Crippen LogP contribution >= 0.6 is 11.3 Å². The normalized spacial score (nSPS) is 10.5. The molecule has 144 valence electrons. The van der Waals surface area contributed by atoms with E-state index in [0.717, 1.165) is 23.4 Å². The van der Waals surface area contributed by atoms with Gasteiger partial charge in [0.25, 0.3) is 5.91 Å². The Balaban J connectivity index is 1.41. The average Bonchev–Trinajstić information content (AvgIpc) is 3.23. The highest BCUT2D eigenvalue weighted by Gasteiger charge is 2.10. The first-order valence-electron chi connectivity index (χ1n) is 9.25. The van der Waals surface area contributed by atoms with Crippen LogP contribution in [0.4, 0.5) is 5.13 Å². The van der Waals surface area contributed by atoms with Crippen LogP contribution in [0.15, 0.2) is 84.2 Å². The van der Waals surface area contributed by atoms with Gasteiger partial charge >= 0.3 is 0 Å². The van der Waals surface area contributed by atoms with Crippen molar-refractivity contribution in [1.29, 1.82) is 0 Å². The molecule has 0 aliphatic heterocycles. The summed E-state index contributed by atoms with van der Waals surface area (Å²) < 4.78 is 5.18. The molecule has 1 aromatic heterocycles. The lowest BCUT2D eigenvalue weighted by Crippen LogP contribution is -2.11.